The predicted molar refractivity (Wildman–Crippen MR) is 95.0 cm³/mol. The number of anilines is 1. The van der Waals surface area contributed by atoms with Gasteiger partial charge in [-0.1, -0.05) is 26.0 Å². The molecule has 0 atom stereocenters. The van der Waals surface area contributed by atoms with Crippen LogP contribution in [0.4, 0.5) is 23.2 Å². The second-order valence-corrected chi connectivity index (χ2v) is 5.90. The molecule has 1 aromatic rings. The van der Waals surface area contributed by atoms with Crippen LogP contribution >= 0.6 is 12.4 Å². The Morgan fingerprint density at radius 2 is 1.88 bits per heavy atom. The highest BCUT2D eigenvalue weighted by Crippen LogP contribution is 2.27. The van der Waals surface area contributed by atoms with Crippen molar-refractivity contribution in [2.24, 2.45) is 11.1 Å². The molecule has 1 amide bonds. The normalized spacial score (nSPS) is 12.0. The minimum absolute atomic E-state index is 0. The van der Waals surface area contributed by atoms with Gasteiger partial charge in [-0.2, -0.15) is 8.78 Å². The van der Waals surface area contributed by atoms with E-state index in [0.29, 0.717) is 24.1 Å². The number of ether oxygens (including phenoxy) is 1. The maximum atomic E-state index is 12.8. The zero-order chi connectivity index (χ0) is 19.1. The summed E-state index contributed by atoms with van der Waals surface area (Å²) in [6.45, 7) is 2.32. The average molecular weight is 401 g/mol. The molecule has 0 spiro atoms. The molecule has 0 aliphatic rings. The Labute approximate surface area is 156 Å². The third-order valence-electron chi connectivity index (χ3n) is 4.29. The van der Waals surface area contributed by atoms with Gasteiger partial charge in [0.25, 0.3) is 0 Å². The number of nitrogens with one attached hydrogen (secondary N) is 1. The summed E-state index contributed by atoms with van der Waals surface area (Å²) in [5.41, 5.74) is 6.00. The van der Waals surface area contributed by atoms with Crippen LogP contribution in [0, 0.1) is 5.41 Å². The zero-order valence-corrected chi connectivity index (χ0v) is 15.6. The minimum Gasteiger partial charge on any atom is -0.370 e. The van der Waals surface area contributed by atoms with E-state index in [1.807, 2.05) is 13.8 Å². The number of carbonyl (C=O) groups excluding carboxylic acids is 1. The van der Waals surface area contributed by atoms with E-state index in [1.54, 1.807) is 24.3 Å². The largest absolute Gasteiger partial charge is 0.370 e. The van der Waals surface area contributed by atoms with Gasteiger partial charge in [0.15, 0.2) is 0 Å². The number of hydrogen-bond acceptors (Lipinski definition) is 3. The molecule has 1 rings (SSSR count). The number of hydrogen-bond donors (Lipinski definition) is 2. The first-order chi connectivity index (χ1) is 11.7. The number of amides is 1. The summed E-state index contributed by atoms with van der Waals surface area (Å²) in [6, 6.07) is 6.39. The Morgan fingerprint density at radius 1 is 1.27 bits per heavy atom. The molecule has 4 nitrogen and oxygen atoms in total. The van der Waals surface area contributed by atoms with Gasteiger partial charge in [-0.3, -0.25) is 4.79 Å². The summed E-state index contributed by atoms with van der Waals surface area (Å²) in [4.78, 5) is 12.5. The first kappa shape index (κ1) is 24.6. The summed E-state index contributed by atoms with van der Waals surface area (Å²) in [5, 5.41) is 2.76. The molecule has 3 N–H and O–H groups in total. The summed E-state index contributed by atoms with van der Waals surface area (Å²) in [6.07, 6.45) is -2.61. The second-order valence-electron chi connectivity index (χ2n) is 5.90. The summed E-state index contributed by atoms with van der Waals surface area (Å²) < 4.78 is 54.4. The van der Waals surface area contributed by atoms with Crippen molar-refractivity contribution >= 4 is 24.0 Å². The zero-order valence-electron chi connectivity index (χ0n) is 14.7. The highest BCUT2D eigenvalue weighted by Gasteiger charge is 2.41. The van der Waals surface area contributed by atoms with Crippen molar-refractivity contribution in [2.45, 2.75) is 45.6 Å². The maximum Gasteiger partial charge on any atom is 0.330 e. The number of benzene rings is 1. The van der Waals surface area contributed by atoms with Crippen LogP contribution in [0.1, 0.15) is 32.3 Å². The van der Waals surface area contributed by atoms with E-state index >= 15 is 0 Å². The van der Waals surface area contributed by atoms with Crippen LogP contribution in [-0.2, 0) is 16.1 Å². The highest BCUT2D eigenvalue weighted by molar-refractivity contribution is 5.95. The van der Waals surface area contributed by atoms with Gasteiger partial charge in [0, 0.05) is 12.2 Å². The van der Waals surface area contributed by atoms with Crippen LogP contribution in [0.2, 0.25) is 0 Å². The molecule has 0 saturated carbocycles. The fourth-order valence-electron chi connectivity index (χ4n) is 2.32. The lowest BCUT2D eigenvalue weighted by Gasteiger charge is -2.28. The lowest BCUT2D eigenvalue weighted by molar-refractivity contribution is -0.168. The van der Waals surface area contributed by atoms with Gasteiger partial charge in [0.05, 0.1) is 12.0 Å². The molecular formula is C17H25ClF4N2O2. The SMILES string of the molecule is CCC(CC)(CN)C(=O)Nc1cccc(COCC(F)(F)C(F)F)c1.Cl. The van der Waals surface area contributed by atoms with Gasteiger partial charge < -0.3 is 15.8 Å². The van der Waals surface area contributed by atoms with Crippen LogP contribution in [0.3, 0.4) is 0 Å². The number of halogens is 5. The lowest BCUT2D eigenvalue weighted by atomic mass is 9.81. The first-order valence-electron chi connectivity index (χ1n) is 8.05. The third-order valence-corrected chi connectivity index (χ3v) is 4.29. The molecule has 26 heavy (non-hydrogen) atoms. The molecule has 0 radical (unpaired) electrons. The fraction of sp³-hybridized carbons (Fsp3) is 0.588. The van der Waals surface area contributed by atoms with Crippen LogP contribution in [0.15, 0.2) is 24.3 Å². The molecule has 0 unspecified atom stereocenters. The Kier molecular flexibility index (Phi) is 10.1. The molecule has 0 aliphatic carbocycles. The van der Waals surface area contributed by atoms with Crippen molar-refractivity contribution in [3.63, 3.8) is 0 Å². The van der Waals surface area contributed by atoms with Crippen LogP contribution in [0.25, 0.3) is 0 Å². The molecular weight excluding hydrogens is 376 g/mol. The van der Waals surface area contributed by atoms with Crippen LogP contribution in [-0.4, -0.2) is 31.4 Å². The molecule has 0 heterocycles. The van der Waals surface area contributed by atoms with Crippen molar-refractivity contribution in [2.75, 3.05) is 18.5 Å². The van der Waals surface area contributed by atoms with Crippen molar-refractivity contribution < 1.29 is 27.1 Å². The van der Waals surface area contributed by atoms with Gasteiger partial charge in [0.1, 0.15) is 6.61 Å². The minimum atomic E-state index is -4.19. The van der Waals surface area contributed by atoms with E-state index in [9.17, 15) is 22.4 Å². The molecule has 0 aromatic heterocycles. The Bertz CT molecular complexity index is 561. The predicted octanol–water partition coefficient (Wildman–Crippen LogP) is 4.23. The van der Waals surface area contributed by atoms with E-state index in [1.165, 1.54) is 0 Å². The Hall–Kier alpha value is -1.38. The Balaban J connectivity index is 0.00000625. The van der Waals surface area contributed by atoms with Crippen molar-refractivity contribution in [3.8, 4) is 0 Å². The quantitative estimate of drug-likeness (QED) is 0.578. The number of carbonyl (C=O) groups is 1. The summed E-state index contributed by atoms with van der Waals surface area (Å²) in [5.74, 6) is -4.41. The molecule has 0 bridgehead atoms. The topological polar surface area (TPSA) is 64.4 Å². The third kappa shape index (κ3) is 6.41. The van der Waals surface area contributed by atoms with Gasteiger partial charge in [0.2, 0.25) is 5.91 Å². The molecule has 0 aliphatic heterocycles. The fourth-order valence-corrected chi connectivity index (χ4v) is 2.32. The monoisotopic (exact) mass is 400 g/mol. The summed E-state index contributed by atoms with van der Waals surface area (Å²) >= 11 is 0. The summed E-state index contributed by atoms with van der Waals surface area (Å²) in [7, 11) is 0. The molecule has 150 valence electrons. The van der Waals surface area contributed by atoms with E-state index < -0.39 is 24.4 Å². The highest BCUT2D eigenvalue weighted by atomic mass is 35.5. The second kappa shape index (κ2) is 10.7. The van der Waals surface area contributed by atoms with Gasteiger partial charge >= 0.3 is 12.3 Å². The first-order valence-corrected chi connectivity index (χ1v) is 8.05. The molecule has 0 fully saturated rings. The molecule has 1 aromatic carbocycles. The number of rotatable bonds is 10. The standard InChI is InChI=1S/C17H24F4N2O2.ClH/c1-3-16(4-2,10-22)15(24)23-13-7-5-6-12(8-13)9-25-11-17(20,21)14(18)19;/h5-8,14H,3-4,9-11,22H2,1-2H3,(H,23,24);1H. The van der Waals surface area contributed by atoms with Crippen molar-refractivity contribution in [1.29, 1.82) is 0 Å². The smallest absolute Gasteiger partial charge is 0.330 e. The Morgan fingerprint density at radius 3 is 2.38 bits per heavy atom. The van der Waals surface area contributed by atoms with Gasteiger partial charge in [-0.15, -0.1) is 12.4 Å². The number of nitrogens with two attached hydrogens (primary N) is 1. The van der Waals surface area contributed by atoms with Crippen molar-refractivity contribution in [3.05, 3.63) is 29.8 Å². The van der Waals surface area contributed by atoms with Crippen LogP contribution < -0.4 is 11.1 Å². The van der Waals surface area contributed by atoms with Gasteiger partial charge in [-0.05, 0) is 30.5 Å². The van der Waals surface area contributed by atoms with Crippen molar-refractivity contribution in [1.82, 2.24) is 0 Å². The molecule has 9 heteroatoms. The van der Waals surface area contributed by atoms with Crippen LogP contribution in [0.5, 0.6) is 0 Å². The average Bonchev–Trinajstić information content (AvgIpc) is 2.57. The van der Waals surface area contributed by atoms with E-state index in [0.717, 1.165) is 0 Å². The lowest BCUT2D eigenvalue weighted by Crippen LogP contribution is -2.41. The number of alkyl halides is 4. The maximum absolute atomic E-state index is 12.8. The van der Waals surface area contributed by atoms with E-state index in [4.69, 9.17) is 5.73 Å². The van der Waals surface area contributed by atoms with E-state index in [2.05, 4.69) is 10.1 Å². The van der Waals surface area contributed by atoms with Gasteiger partial charge in [-0.25, -0.2) is 8.78 Å². The molecule has 0 saturated heterocycles. The van der Waals surface area contributed by atoms with E-state index in [-0.39, 0.29) is 31.5 Å².